The van der Waals surface area contributed by atoms with Crippen molar-refractivity contribution >= 4 is 62.1 Å². The van der Waals surface area contributed by atoms with Gasteiger partial charge in [-0.2, -0.15) is 5.10 Å². The lowest BCUT2D eigenvalue weighted by molar-refractivity contribution is 0.0954. The lowest BCUT2D eigenvalue weighted by Crippen LogP contribution is -2.20. The molecule has 3 rings (SSSR count). The molecule has 0 radical (unpaired) electrons. The van der Waals surface area contributed by atoms with Crippen molar-refractivity contribution in [3.8, 4) is 0 Å². The third-order valence-corrected chi connectivity index (χ3v) is 6.41. The summed E-state index contributed by atoms with van der Waals surface area (Å²) >= 11 is 18.0. The van der Waals surface area contributed by atoms with Gasteiger partial charge in [-0.25, -0.2) is 13.8 Å². The van der Waals surface area contributed by atoms with Crippen LogP contribution in [0.5, 0.6) is 0 Å². The van der Waals surface area contributed by atoms with Crippen LogP contribution in [0.3, 0.4) is 0 Å². The number of halogens is 3. The van der Waals surface area contributed by atoms with E-state index >= 15 is 0 Å². The van der Waals surface area contributed by atoms with Crippen molar-refractivity contribution in [2.45, 2.75) is 11.8 Å². The van der Waals surface area contributed by atoms with Crippen LogP contribution in [0.1, 0.15) is 22.8 Å². The van der Waals surface area contributed by atoms with E-state index in [4.69, 9.17) is 34.8 Å². The Morgan fingerprint density at radius 1 is 0.903 bits per heavy atom. The molecule has 0 bridgehead atoms. The number of carbonyl (C=O) groups is 1. The molecule has 31 heavy (non-hydrogen) atoms. The first kappa shape index (κ1) is 23.1. The predicted molar refractivity (Wildman–Crippen MR) is 125 cm³/mol. The van der Waals surface area contributed by atoms with E-state index < -0.39 is 15.9 Å². The molecule has 2 N–H and O–H groups in total. The molecule has 0 aliphatic carbocycles. The Kier molecular flexibility index (Phi) is 7.23. The summed E-state index contributed by atoms with van der Waals surface area (Å²) in [6, 6.07) is 16.9. The molecule has 0 saturated heterocycles. The quantitative estimate of drug-likeness (QED) is 0.344. The zero-order valence-electron chi connectivity index (χ0n) is 16.1. The standard InChI is InChI=1S/C21H16Cl3N3O3S/c1-13(17-10-9-15(22)12-19(17)24)25-26-21(28)14-5-4-6-16(11-14)31(29,30)27-20-8-3-2-7-18(20)23/h2-12,27H,1H3,(H,26,28). The molecule has 0 spiro atoms. The molecule has 3 aromatic carbocycles. The SMILES string of the molecule is CC(=NNC(=O)c1cccc(S(=O)(=O)Nc2ccccc2Cl)c1)c1ccc(Cl)cc1Cl. The van der Waals surface area contributed by atoms with Gasteiger partial charge in [-0.05, 0) is 49.4 Å². The topological polar surface area (TPSA) is 87.6 Å². The second-order valence-electron chi connectivity index (χ2n) is 6.38. The Morgan fingerprint density at radius 2 is 1.65 bits per heavy atom. The summed E-state index contributed by atoms with van der Waals surface area (Å²) in [6.45, 7) is 1.67. The van der Waals surface area contributed by atoms with E-state index in [2.05, 4.69) is 15.2 Å². The zero-order valence-corrected chi connectivity index (χ0v) is 19.1. The lowest BCUT2D eigenvalue weighted by atomic mass is 10.1. The van der Waals surface area contributed by atoms with Gasteiger partial charge in [0.1, 0.15) is 0 Å². The highest BCUT2D eigenvalue weighted by Crippen LogP contribution is 2.24. The molecule has 0 aromatic heterocycles. The van der Waals surface area contributed by atoms with E-state index in [0.29, 0.717) is 21.3 Å². The van der Waals surface area contributed by atoms with Gasteiger partial charge in [-0.1, -0.05) is 59.1 Å². The van der Waals surface area contributed by atoms with Crippen LogP contribution in [0.4, 0.5) is 5.69 Å². The van der Waals surface area contributed by atoms with Gasteiger partial charge >= 0.3 is 0 Å². The summed E-state index contributed by atoms with van der Waals surface area (Å²) in [7, 11) is -3.96. The maximum absolute atomic E-state index is 12.7. The largest absolute Gasteiger partial charge is 0.278 e. The first-order valence-electron chi connectivity index (χ1n) is 8.85. The molecule has 0 aliphatic rings. The molecule has 0 unspecified atom stereocenters. The lowest BCUT2D eigenvalue weighted by Gasteiger charge is -2.10. The summed E-state index contributed by atoms with van der Waals surface area (Å²) in [5.74, 6) is -0.584. The molecule has 10 heteroatoms. The van der Waals surface area contributed by atoms with Crippen molar-refractivity contribution in [1.29, 1.82) is 0 Å². The number of hydrogen-bond donors (Lipinski definition) is 2. The Labute approximate surface area is 194 Å². The third-order valence-electron chi connectivity index (χ3n) is 4.17. The molecule has 3 aromatic rings. The van der Waals surface area contributed by atoms with Crippen LogP contribution < -0.4 is 10.1 Å². The van der Waals surface area contributed by atoms with E-state index in [-0.39, 0.29) is 21.2 Å². The highest BCUT2D eigenvalue weighted by molar-refractivity contribution is 7.92. The summed E-state index contributed by atoms with van der Waals surface area (Å²) in [6.07, 6.45) is 0. The van der Waals surface area contributed by atoms with Crippen molar-refractivity contribution in [3.63, 3.8) is 0 Å². The van der Waals surface area contributed by atoms with Gasteiger partial charge in [0.2, 0.25) is 0 Å². The van der Waals surface area contributed by atoms with Gasteiger partial charge in [0.25, 0.3) is 15.9 Å². The number of nitrogens with zero attached hydrogens (tertiary/aromatic N) is 1. The fourth-order valence-electron chi connectivity index (χ4n) is 2.59. The zero-order chi connectivity index (χ0) is 22.6. The predicted octanol–water partition coefficient (Wildman–Crippen LogP) is 5.60. The van der Waals surface area contributed by atoms with Crippen LogP contribution in [0.15, 0.2) is 76.7 Å². The molecule has 6 nitrogen and oxygen atoms in total. The third kappa shape index (κ3) is 5.77. The van der Waals surface area contributed by atoms with Gasteiger partial charge in [0, 0.05) is 16.1 Å². The van der Waals surface area contributed by atoms with Crippen LogP contribution in [-0.2, 0) is 10.0 Å². The molecule has 1 amide bonds. The maximum atomic E-state index is 12.7. The molecule has 0 atom stereocenters. The number of anilines is 1. The molecule has 0 heterocycles. The monoisotopic (exact) mass is 495 g/mol. The fraction of sp³-hybridized carbons (Fsp3) is 0.0476. The van der Waals surface area contributed by atoms with E-state index in [1.54, 1.807) is 43.3 Å². The second-order valence-corrected chi connectivity index (χ2v) is 9.31. The highest BCUT2D eigenvalue weighted by atomic mass is 35.5. The van der Waals surface area contributed by atoms with E-state index in [1.807, 2.05) is 0 Å². The van der Waals surface area contributed by atoms with Crippen molar-refractivity contribution in [2.75, 3.05) is 4.72 Å². The molecule has 160 valence electrons. The van der Waals surface area contributed by atoms with Crippen molar-refractivity contribution in [1.82, 2.24) is 5.43 Å². The maximum Gasteiger partial charge on any atom is 0.271 e. The van der Waals surface area contributed by atoms with Gasteiger partial charge in [-0.3, -0.25) is 9.52 Å². The first-order valence-corrected chi connectivity index (χ1v) is 11.5. The fourth-order valence-corrected chi connectivity index (χ4v) is 4.50. The number of nitrogens with one attached hydrogen (secondary N) is 2. The van der Waals surface area contributed by atoms with Crippen LogP contribution in [0.25, 0.3) is 0 Å². The molecular formula is C21H16Cl3N3O3S. The van der Waals surface area contributed by atoms with Gasteiger partial charge in [-0.15, -0.1) is 0 Å². The molecular weight excluding hydrogens is 481 g/mol. The number of sulfonamides is 1. The minimum absolute atomic E-state index is 0.0958. The van der Waals surface area contributed by atoms with E-state index in [0.717, 1.165) is 0 Å². The summed E-state index contributed by atoms with van der Waals surface area (Å²) in [4.78, 5) is 12.4. The van der Waals surface area contributed by atoms with Gasteiger partial charge in [0.15, 0.2) is 0 Å². The average molecular weight is 497 g/mol. The van der Waals surface area contributed by atoms with E-state index in [1.165, 1.54) is 30.3 Å². The summed E-state index contributed by atoms with van der Waals surface area (Å²) in [5, 5.41) is 5.17. The number of para-hydroxylation sites is 1. The number of hydrogen-bond acceptors (Lipinski definition) is 4. The summed E-state index contributed by atoms with van der Waals surface area (Å²) < 4.78 is 27.8. The second kappa shape index (κ2) is 9.70. The van der Waals surface area contributed by atoms with Gasteiger partial charge in [0.05, 0.1) is 26.3 Å². The Morgan fingerprint density at radius 3 is 2.35 bits per heavy atom. The number of amides is 1. The number of benzene rings is 3. The average Bonchev–Trinajstić information content (AvgIpc) is 2.73. The molecule has 0 aliphatic heterocycles. The minimum atomic E-state index is -3.96. The van der Waals surface area contributed by atoms with Gasteiger partial charge < -0.3 is 0 Å². The van der Waals surface area contributed by atoms with Crippen LogP contribution >= 0.6 is 34.8 Å². The Hall–Kier alpha value is -2.58. The van der Waals surface area contributed by atoms with E-state index in [9.17, 15) is 13.2 Å². The van der Waals surface area contributed by atoms with Crippen LogP contribution in [-0.4, -0.2) is 20.0 Å². The number of carbonyl (C=O) groups excluding carboxylic acids is 1. The number of rotatable bonds is 6. The summed E-state index contributed by atoms with van der Waals surface area (Å²) in [5.41, 5.74) is 3.81. The minimum Gasteiger partial charge on any atom is -0.278 e. The highest BCUT2D eigenvalue weighted by Gasteiger charge is 2.18. The van der Waals surface area contributed by atoms with Crippen molar-refractivity contribution in [2.24, 2.45) is 5.10 Å². The normalized spacial score (nSPS) is 11.8. The molecule has 0 fully saturated rings. The first-order chi connectivity index (χ1) is 14.7. The van der Waals surface area contributed by atoms with Crippen molar-refractivity contribution < 1.29 is 13.2 Å². The molecule has 0 saturated carbocycles. The Balaban J connectivity index is 1.79. The van der Waals surface area contributed by atoms with Crippen molar-refractivity contribution in [3.05, 3.63) is 92.9 Å². The Bertz CT molecular complexity index is 1280. The van der Waals surface area contributed by atoms with Crippen LogP contribution in [0, 0.1) is 0 Å². The number of hydrazone groups is 1. The smallest absolute Gasteiger partial charge is 0.271 e. The van der Waals surface area contributed by atoms with Crippen LogP contribution in [0.2, 0.25) is 15.1 Å².